The van der Waals surface area contributed by atoms with Crippen LogP contribution in [0.2, 0.25) is 20.1 Å². The maximum absolute atomic E-state index is 12.7. The third-order valence-corrected chi connectivity index (χ3v) is 4.83. The van der Waals surface area contributed by atoms with Crippen LogP contribution in [-0.4, -0.2) is 19.7 Å². The lowest BCUT2D eigenvalue weighted by Gasteiger charge is -2.05. The molecule has 0 unspecified atom stereocenters. The minimum absolute atomic E-state index is 0.0319. The molecule has 0 N–H and O–H groups in total. The van der Waals surface area contributed by atoms with Gasteiger partial charge in [-0.1, -0.05) is 46.4 Å². The van der Waals surface area contributed by atoms with Crippen molar-refractivity contribution in [3.8, 4) is 11.5 Å². The van der Waals surface area contributed by atoms with Crippen LogP contribution in [0.5, 0.6) is 0 Å². The molecule has 6 nitrogen and oxygen atoms in total. The zero-order valence-electron chi connectivity index (χ0n) is 13.3. The van der Waals surface area contributed by atoms with Crippen molar-refractivity contribution in [3.05, 3.63) is 73.0 Å². The topological polar surface area (TPSA) is 73.8 Å². The molecule has 0 saturated heterocycles. The standard InChI is InChI=1S/C17H8Cl4N4O2/c18-8-1-2-10(12(20)4-8)16-24-23-14(27-16)6-25-7-22-15-11(17(25)26)3-9(19)5-13(15)21/h1-5,7H,6H2. The number of hydrogen-bond donors (Lipinski definition) is 0. The predicted molar refractivity (Wildman–Crippen MR) is 105 cm³/mol. The summed E-state index contributed by atoms with van der Waals surface area (Å²) in [6, 6.07) is 7.96. The Balaban J connectivity index is 1.70. The molecule has 0 aliphatic heterocycles. The van der Waals surface area contributed by atoms with E-state index in [4.69, 9.17) is 50.8 Å². The Morgan fingerprint density at radius 2 is 1.74 bits per heavy atom. The molecule has 0 aliphatic rings. The second-order valence-electron chi connectivity index (χ2n) is 5.59. The Bertz CT molecular complexity index is 1240. The van der Waals surface area contributed by atoms with E-state index in [1.54, 1.807) is 18.2 Å². The summed E-state index contributed by atoms with van der Waals surface area (Å²) in [4.78, 5) is 16.9. The van der Waals surface area contributed by atoms with Crippen molar-refractivity contribution in [3.63, 3.8) is 0 Å². The third-order valence-electron chi connectivity index (χ3n) is 3.78. The summed E-state index contributed by atoms with van der Waals surface area (Å²) < 4.78 is 6.95. The lowest BCUT2D eigenvalue weighted by Crippen LogP contribution is -2.21. The zero-order valence-corrected chi connectivity index (χ0v) is 16.3. The van der Waals surface area contributed by atoms with Crippen molar-refractivity contribution in [1.29, 1.82) is 0 Å². The molecule has 0 aliphatic carbocycles. The summed E-state index contributed by atoms with van der Waals surface area (Å²) in [5.41, 5.74) is 0.595. The van der Waals surface area contributed by atoms with Crippen molar-refractivity contribution < 1.29 is 4.42 Å². The van der Waals surface area contributed by atoms with Gasteiger partial charge in [0.25, 0.3) is 5.56 Å². The number of aromatic nitrogens is 4. The number of benzene rings is 2. The normalized spacial score (nSPS) is 11.3. The van der Waals surface area contributed by atoms with Gasteiger partial charge in [0.1, 0.15) is 6.54 Å². The maximum Gasteiger partial charge on any atom is 0.261 e. The van der Waals surface area contributed by atoms with Crippen molar-refractivity contribution >= 4 is 57.3 Å². The number of rotatable bonds is 3. The summed E-state index contributed by atoms with van der Waals surface area (Å²) in [5.74, 6) is 0.437. The smallest absolute Gasteiger partial charge is 0.261 e. The zero-order chi connectivity index (χ0) is 19.1. The fourth-order valence-corrected chi connectivity index (χ4v) is 3.57. The van der Waals surface area contributed by atoms with Crippen LogP contribution >= 0.6 is 46.4 Å². The van der Waals surface area contributed by atoms with Gasteiger partial charge in [-0.3, -0.25) is 9.36 Å². The molecule has 2 aromatic carbocycles. The van der Waals surface area contributed by atoms with Crippen molar-refractivity contribution in [2.75, 3.05) is 0 Å². The van der Waals surface area contributed by atoms with Gasteiger partial charge in [-0.15, -0.1) is 10.2 Å². The summed E-state index contributed by atoms with van der Waals surface area (Å²) in [6.07, 6.45) is 1.36. The first kappa shape index (κ1) is 18.3. The molecule has 0 saturated carbocycles. The van der Waals surface area contributed by atoms with Crippen LogP contribution in [0.3, 0.4) is 0 Å². The highest BCUT2D eigenvalue weighted by atomic mass is 35.5. The molecule has 0 fully saturated rings. The van der Waals surface area contributed by atoms with E-state index < -0.39 is 0 Å². The van der Waals surface area contributed by atoms with Gasteiger partial charge in [-0.25, -0.2) is 4.98 Å². The van der Waals surface area contributed by atoms with Gasteiger partial charge in [-0.2, -0.15) is 0 Å². The molecule has 10 heteroatoms. The van der Waals surface area contributed by atoms with E-state index in [2.05, 4.69) is 15.2 Å². The molecule has 4 aromatic rings. The van der Waals surface area contributed by atoms with E-state index in [0.29, 0.717) is 36.6 Å². The van der Waals surface area contributed by atoms with E-state index in [1.807, 2.05) is 0 Å². The number of halogens is 4. The molecule has 136 valence electrons. The summed E-state index contributed by atoms with van der Waals surface area (Å²) >= 11 is 24.1. The van der Waals surface area contributed by atoms with E-state index >= 15 is 0 Å². The summed E-state index contributed by atoms with van der Waals surface area (Å²) in [5, 5.41) is 9.76. The first-order valence-electron chi connectivity index (χ1n) is 7.54. The number of nitrogens with zero attached hydrogens (tertiary/aromatic N) is 4. The Morgan fingerprint density at radius 3 is 2.52 bits per heavy atom. The summed E-state index contributed by atoms with van der Waals surface area (Å²) in [7, 11) is 0. The highest BCUT2D eigenvalue weighted by molar-refractivity contribution is 6.38. The van der Waals surface area contributed by atoms with Crippen LogP contribution in [0, 0.1) is 0 Å². The summed E-state index contributed by atoms with van der Waals surface area (Å²) in [6.45, 7) is 0.0319. The van der Waals surface area contributed by atoms with E-state index in [9.17, 15) is 4.79 Å². The third kappa shape index (κ3) is 3.53. The Hall–Kier alpha value is -2.12. The van der Waals surface area contributed by atoms with E-state index in [1.165, 1.54) is 23.0 Å². The van der Waals surface area contributed by atoms with Gasteiger partial charge in [0, 0.05) is 10.0 Å². The second kappa shape index (κ2) is 7.13. The minimum Gasteiger partial charge on any atom is -0.419 e. The molecule has 27 heavy (non-hydrogen) atoms. The molecule has 2 heterocycles. The minimum atomic E-state index is -0.325. The number of fused-ring (bicyclic) bond motifs is 1. The molecule has 2 aromatic heterocycles. The highest BCUT2D eigenvalue weighted by Crippen LogP contribution is 2.29. The largest absolute Gasteiger partial charge is 0.419 e. The van der Waals surface area contributed by atoms with Crippen molar-refractivity contribution in [2.24, 2.45) is 0 Å². The molecule has 0 bridgehead atoms. The fourth-order valence-electron chi connectivity index (χ4n) is 2.54. The quantitative estimate of drug-likeness (QED) is 0.441. The Labute approximate surface area is 172 Å². The average molecular weight is 442 g/mol. The number of hydrogen-bond acceptors (Lipinski definition) is 5. The van der Waals surface area contributed by atoms with Gasteiger partial charge < -0.3 is 4.42 Å². The molecular weight excluding hydrogens is 434 g/mol. The van der Waals surface area contributed by atoms with Crippen LogP contribution in [-0.2, 0) is 6.54 Å². The first-order chi connectivity index (χ1) is 12.9. The van der Waals surface area contributed by atoms with Gasteiger partial charge in [-0.05, 0) is 30.3 Å². The van der Waals surface area contributed by atoms with Crippen LogP contribution in [0.4, 0.5) is 0 Å². The predicted octanol–water partition coefficient (Wildman–Crippen LogP) is 5.11. The molecule has 4 rings (SSSR count). The van der Waals surface area contributed by atoms with Crippen LogP contribution in [0.25, 0.3) is 22.4 Å². The van der Waals surface area contributed by atoms with Gasteiger partial charge in [0.05, 0.1) is 32.8 Å². The van der Waals surface area contributed by atoms with Crippen LogP contribution in [0.15, 0.2) is 45.9 Å². The Kier molecular flexibility index (Phi) is 4.82. The van der Waals surface area contributed by atoms with Crippen LogP contribution in [0.1, 0.15) is 5.89 Å². The molecule has 0 amide bonds. The average Bonchev–Trinajstić information content (AvgIpc) is 3.06. The Morgan fingerprint density at radius 1 is 0.963 bits per heavy atom. The molecule has 0 spiro atoms. The van der Waals surface area contributed by atoms with Crippen molar-refractivity contribution in [2.45, 2.75) is 6.54 Å². The molecular formula is C17H8Cl4N4O2. The van der Waals surface area contributed by atoms with E-state index in [-0.39, 0.29) is 23.9 Å². The first-order valence-corrected chi connectivity index (χ1v) is 9.05. The monoisotopic (exact) mass is 440 g/mol. The molecule has 0 radical (unpaired) electrons. The van der Waals surface area contributed by atoms with Crippen molar-refractivity contribution in [1.82, 2.24) is 19.7 Å². The molecule has 0 atom stereocenters. The lowest BCUT2D eigenvalue weighted by molar-refractivity contribution is 0.483. The van der Waals surface area contributed by atoms with Gasteiger partial charge in [0.2, 0.25) is 11.8 Å². The SMILES string of the molecule is O=c1c2cc(Cl)cc(Cl)c2ncn1Cc1nnc(-c2ccc(Cl)cc2Cl)o1. The fraction of sp³-hybridized carbons (Fsp3) is 0.0588. The van der Waals surface area contributed by atoms with Gasteiger partial charge >= 0.3 is 0 Å². The van der Waals surface area contributed by atoms with Gasteiger partial charge in [0.15, 0.2) is 0 Å². The lowest BCUT2D eigenvalue weighted by atomic mass is 10.2. The maximum atomic E-state index is 12.7. The van der Waals surface area contributed by atoms with E-state index in [0.717, 1.165) is 0 Å². The van der Waals surface area contributed by atoms with Crippen LogP contribution < -0.4 is 5.56 Å². The second-order valence-corrected chi connectivity index (χ2v) is 7.27. The highest BCUT2D eigenvalue weighted by Gasteiger charge is 2.15.